The van der Waals surface area contributed by atoms with Crippen LogP contribution in [-0.4, -0.2) is 44.2 Å². The molecular formula is C17H18ClNO4S2. The second kappa shape index (κ2) is 7.23. The minimum Gasteiger partial charge on any atom is -0.477 e. The topological polar surface area (TPSA) is 77.8 Å². The predicted molar refractivity (Wildman–Crippen MR) is 99.4 cm³/mol. The van der Waals surface area contributed by atoms with Crippen LogP contribution in [0.5, 0.6) is 0 Å². The highest BCUT2D eigenvalue weighted by atomic mass is 35.5. The summed E-state index contributed by atoms with van der Waals surface area (Å²) >= 11 is 8.90. The van der Waals surface area contributed by atoms with Crippen molar-refractivity contribution in [2.75, 3.05) is 5.08 Å². The van der Waals surface area contributed by atoms with Crippen molar-refractivity contribution in [3.05, 3.63) is 39.9 Å². The minimum absolute atomic E-state index is 0.0705. The molecular weight excluding hydrogens is 382 g/mol. The Balaban J connectivity index is 1.74. The Hall–Kier alpha value is -1.15. The Bertz CT molecular complexity index is 735. The number of carbonyl (C=O) groups is 2. The number of aliphatic carboxylic acids is 1. The van der Waals surface area contributed by atoms with E-state index in [4.69, 9.17) is 11.6 Å². The van der Waals surface area contributed by atoms with Gasteiger partial charge in [-0.1, -0.05) is 18.5 Å². The first-order chi connectivity index (χ1) is 11.8. The number of carboxylic acids is 1. The number of aliphatic hydroxyl groups is 1. The number of fused-ring (bicyclic) bond motifs is 1. The Morgan fingerprint density at radius 1 is 1.32 bits per heavy atom. The second-order valence-electron chi connectivity index (χ2n) is 6.13. The van der Waals surface area contributed by atoms with Crippen LogP contribution in [0.3, 0.4) is 0 Å². The van der Waals surface area contributed by atoms with E-state index < -0.39 is 18.0 Å². The highest BCUT2D eigenvalue weighted by molar-refractivity contribution is 8.17. The first kappa shape index (κ1) is 18.6. The summed E-state index contributed by atoms with van der Waals surface area (Å²) in [5, 5.41) is 20.7. The third-order valence-electron chi connectivity index (χ3n) is 4.56. The van der Waals surface area contributed by atoms with E-state index in [1.165, 1.54) is 16.7 Å². The second-order valence-corrected chi connectivity index (χ2v) is 9.00. The normalized spacial score (nSPS) is 26.5. The minimum atomic E-state index is -1.09. The first-order valence-electron chi connectivity index (χ1n) is 7.82. The summed E-state index contributed by atoms with van der Waals surface area (Å²) in [4.78, 5) is 27.0. The van der Waals surface area contributed by atoms with Gasteiger partial charge >= 0.3 is 5.97 Å². The molecule has 1 saturated heterocycles. The fourth-order valence-corrected chi connectivity index (χ4v) is 5.87. The monoisotopic (exact) mass is 399 g/mol. The van der Waals surface area contributed by atoms with Gasteiger partial charge in [0, 0.05) is 25.8 Å². The van der Waals surface area contributed by atoms with E-state index in [0.29, 0.717) is 15.0 Å². The van der Waals surface area contributed by atoms with Crippen molar-refractivity contribution < 1.29 is 19.8 Å². The third kappa shape index (κ3) is 3.30. The van der Waals surface area contributed by atoms with Crippen molar-refractivity contribution >= 4 is 47.0 Å². The number of hydrogen-bond donors (Lipinski definition) is 2. The number of nitrogens with zero attached hydrogens (tertiary/aromatic N) is 1. The highest BCUT2D eigenvalue weighted by Crippen LogP contribution is 2.51. The molecule has 1 fully saturated rings. The molecule has 1 aromatic carbocycles. The van der Waals surface area contributed by atoms with Gasteiger partial charge in [-0.2, -0.15) is 0 Å². The molecule has 0 aromatic heterocycles. The molecule has 2 N–H and O–H groups in total. The van der Waals surface area contributed by atoms with Crippen LogP contribution in [0.2, 0.25) is 5.02 Å². The van der Waals surface area contributed by atoms with Crippen molar-refractivity contribution in [1.82, 2.24) is 4.90 Å². The SMILES string of the molecule is CC(O)[C@H]1C(=O)N2C(C(=O)O)=C(SCSc3ccc(Cl)cc3)[C@H](C)[C@H]12. The zero-order valence-electron chi connectivity index (χ0n) is 13.7. The lowest BCUT2D eigenvalue weighted by atomic mass is 9.79. The lowest BCUT2D eigenvalue weighted by Gasteiger charge is -2.46. The molecule has 3 rings (SSSR count). The van der Waals surface area contributed by atoms with Gasteiger partial charge in [0.15, 0.2) is 0 Å². The average molecular weight is 400 g/mol. The first-order valence-corrected chi connectivity index (χ1v) is 10.2. The number of amides is 1. The Kier molecular flexibility index (Phi) is 5.39. The molecule has 2 aliphatic heterocycles. The fraction of sp³-hybridized carbons (Fsp3) is 0.412. The molecule has 1 unspecified atom stereocenters. The van der Waals surface area contributed by atoms with Crippen LogP contribution < -0.4 is 0 Å². The number of hydrogen-bond acceptors (Lipinski definition) is 5. The zero-order chi connectivity index (χ0) is 18.3. The molecule has 134 valence electrons. The van der Waals surface area contributed by atoms with Crippen LogP contribution in [0.15, 0.2) is 39.8 Å². The molecule has 5 nitrogen and oxygen atoms in total. The molecule has 0 aliphatic carbocycles. The quantitative estimate of drug-likeness (QED) is 0.434. The summed E-state index contributed by atoms with van der Waals surface area (Å²) in [7, 11) is 0. The van der Waals surface area contributed by atoms with E-state index in [0.717, 1.165) is 4.90 Å². The van der Waals surface area contributed by atoms with Gasteiger partial charge in [0.1, 0.15) is 5.70 Å². The van der Waals surface area contributed by atoms with Crippen molar-refractivity contribution in [2.45, 2.75) is 30.9 Å². The largest absolute Gasteiger partial charge is 0.477 e. The molecule has 1 amide bonds. The van der Waals surface area contributed by atoms with Crippen molar-refractivity contribution in [1.29, 1.82) is 0 Å². The van der Waals surface area contributed by atoms with Gasteiger partial charge in [0.25, 0.3) is 0 Å². The summed E-state index contributed by atoms with van der Waals surface area (Å²) in [6.45, 7) is 3.50. The van der Waals surface area contributed by atoms with E-state index in [-0.39, 0.29) is 23.6 Å². The molecule has 2 heterocycles. The summed E-state index contributed by atoms with van der Waals surface area (Å²) < 4.78 is 0. The van der Waals surface area contributed by atoms with Crippen LogP contribution in [0.4, 0.5) is 0 Å². The average Bonchev–Trinajstić information content (AvgIpc) is 2.78. The van der Waals surface area contributed by atoms with Crippen LogP contribution in [-0.2, 0) is 9.59 Å². The van der Waals surface area contributed by atoms with Gasteiger partial charge in [-0.3, -0.25) is 4.79 Å². The van der Waals surface area contributed by atoms with E-state index in [9.17, 15) is 19.8 Å². The lowest BCUT2D eigenvalue weighted by molar-refractivity contribution is -0.163. The van der Waals surface area contributed by atoms with Crippen molar-refractivity contribution in [2.24, 2.45) is 11.8 Å². The number of thioether (sulfide) groups is 2. The van der Waals surface area contributed by atoms with Gasteiger partial charge in [0.2, 0.25) is 5.91 Å². The van der Waals surface area contributed by atoms with Gasteiger partial charge < -0.3 is 15.1 Å². The van der Waals surface area contributed by atoms with Gasteiger partial charge in [-0.25, -0.2) is 4.79 Å². The number of benzene rings is 1. The van der Waals surface area contributed by atoms with Crippen LogP contribution in [0.25, 0.3) is 0 Å². The van der Waals surface area contributed by atoms with E-state index in [1.54, 1.807) is 18.7 Å². The zero-order valence-corrected chi connectivity index (χ0v) is 16.1. The maximum Gasteiger partial charge on any atom is 0.353 e. The van der Waals surface area contributed by atoms with Gasteiger partial charge in [-0.15, -0.1) is 23.5 Å². The van der Waals surface area contributed by atoms with E-state index >= 15 is 0 Å². The molecule has 1 aromatic rings. The number of β-lactam (4-membered cyclic amide) rings is 1. The summed E-state index contributed by atoms with van der Waals surface area (Å²) in [5.41, 5.74) is 0.0705. The molecule has 0 saturated carbocycles. The molecule has 4 atom stereocenters. The van der Waals surface area contributed by atoms with E-state index in [2.05, 4.69) is 0 Å². The smallest absolute Gasteiger partial charge is 0.353 e. The molecule has 0 spiro atoms. The number of carbonyl (C=O) groups excluding carboxylic acids is 1. The van der Waals surface area contributed by atoms with E-state index in [1.807, 2.05) is 31.2 Å². The molecule has 2 aliphatic rings. The Labute approximate surface area is 159 Å². The number of rotatable bonds is 6. The van der Waals surface area contributed by atoms with Crippen molar-refractivity contribution in [3.8, 4) is 0 Å². The summed E-state index contributed by atoms with van der Waals surface area (Å²) in [5.74, 6) is -2.01. The fourth-order valence-electron chi connectivity index (χ4n) is 3.41. The highest BCUT2D eigenvalue weighted by Gasteiger charge is 2.59. The van der Waals surface area contributed by atoms with Gasteiger partial charge in [0.05, 0.1) is 18.1 Å². The third-order valence-corrected chi connectivity index (χ3v) is 7.24. The van der Waals surface area contributed by atoms with Crippen molar-refractivity contribution in [3.63, 3.8) is 0 Å². The molecule has 0 radical (unpaired) electrons. The van der Waals surface area contributed by atoms with Crippen LogP contribution >= 0.6 is 35.1 Å². The lowest BCUT2D eigenvalue weighted by Crippen LogP contribution is -2.63. The Morgan fingerprint density at radius 2 is 1.96 bits per heavy atom. The number of halogens is 1. The summed E-state index contributed by atoms with van der Waals surface area (Å²) in [6, 6.07) is 7.19. The number of aliphatic hydroxyl groups excluding tert-OH is 1. The maximum atomic E-state index is 12.3. The van der Waals surface area contributed by atoms with Crippen LogP contribution in [0.1, 0.15) is 13.8 Å². The molecule has 0 bridgehead atoms. The Morgan fingerprint density at radius 3 is 2.52 bits per heavy atom. The van der Waals surface area contributed by atoms with Gasteiger partial charge in [-0.05, 0) is 31.2 Å². The number of carboxylic acid groups (broad SMARTS) is 1. The molecule has 8 heteroatoms. The van der Waals surface area contributed by atoms with Crippen LogP contribution in [0, 0.1) is 11.8 Å². The summed E-state index contributed by atoms with van der Waals surface area (Å²) in [6.07, 6.45) is -0.779. The maximum absolute atomic E-state index is 12.3. The standard InChI is InChI=1S/C17H18ClNO4S2/c1-8-13-12(9(2)20)16(21)19(13)14(17(22)23)15(8)25-7-24-11-5-3-10(18)4-6-11/h3-6,8-9,12-13,20H,7H2,1-2H3,(H,22,23)/t8-,9?,12-,13-/m1/s1. The molecule has 25 heavy (non-hydrogen) atoms. The predicted octanol–water partition coefficient (Wildman–Crippen LogP) is 3.28.